The van der Waals surface area contributed by atoms with E-state index in [2.05, 4.69) is 4.99 Å². The first-order valence-corrected chi connectivity index (χ1v) is 5.46. The lowest BCUT2D eigenvalue weighted by Gasteiger charge is -2.16. The smallest absolute Gasteiger partial charge is 0.219 e. The number of fused-ring (bicyclic) bond motifs is 1. The second kappa shape index (κ2) is 4.53. The molecule has 0 N–H and O–H groups in total. The van der Waals surface area contributed by atoms with E-state index in [1.807, 2.05) is 0 Å². The fourth-order valence-corrected chi connectivity index (χ4v) is 1.61. The van der Waals surface area contributed by atoms with Gasteiger partial charge in [0, 0.05) is 33.0 Å². The number of hydrogen-bond donors (Lipinski definition) is 0. The van der Waals surface area contributed by atoms with Crippen LogP contribution in [0.25, 0.3) is 0 Å². The van der Waals surface area contributed by atoms with Crippen LogP contribution in [0.3, 0.4) is 0 Å². The summed E-state index contributed by atoms with van der Waals surface area (Å²) in [5.41, 5.74) is 0.708. The van der Waals surface area contributed by atoms with E-state index in [0.29, 0.717) is 24.4 Å². The molecule has 0 aromatic rings. The molecule has 90 valence electrons. The number of hydrogen-bond acceptors (Lipinski definition) is 4. The van der Waals surface area contributed by atoms with Crippen LogP contribution in [0, 0.1) is 0 Å². The molecule has 0 aromatic heterocycles. The van der Waals surface area contributed by atoms with Gasteiger partial charge in [-0.2, -0.15) is 0 Å². The van der Waals surface area contributed by atoms with Gasteiger partial charge in [-0.15, -0.1) is 0 Å². The molecule has 5 heteroatoms. The van der Waals surface area contributed by atoms with Crippen LogP contribution < -0.4 is 0 Å². The Morgan fingerprint density at radius 3 is 3.00 bits per heavy atom. The van der Waals surface area contributed by atoms with Gasteiger partial charge in [0.25, 0.3) is 0 Å². The van der Waals surface area contributed by atoms with Crippen molar-refractivity contribution in [2.75, 3.05) is 13.6 Å². The number of amides is 1. The Hall–Kier alpha value is -1.91. The van der Waals surface area contributed by atoms with E-state index in [1.165, 1.54) is 19.1 Å². The molecule has 0 fully saturated rings. The quantitative estimate of drug-likeness (QED) is 0.674. The van der Waals surface area contributed by atoms with Gasteiger partial charge in [0.2, 0.25) is 5.91 Å². The van der Waals surface area contributed by atoms with E-state index >= 15 is 0 Å². The first-order valence-electron chi connectivity index (χ1n) is 5.46. The van der Waals surface area contributed by atoms with Gasteiger partial charge in [-0.3, -0.25) is 9.59 Å². The molecule has 2 rings (SSSR count). The molecule has 1 aliphatic carbocycles. The zero-order valence-corrected chi connectivity index (χ0v) is 9.84. The first-order chi connectivity index (χ1) is 8.06. The van der Waals surface area contributed by atoms with E-state index in [0.717, 1.165) is 0 Å². The van der Waals surface area contributed by atoms with Crippen LogP contribution in [-0.2, 0) is 14.3 Å². The van der Waals surface area contributed by atoms with E-state index in [-0.39, 0.29) is 17.9 Å². The molecule has 1 amide bonds. The number of nitrogens with zero attached hydrogens (tertiary/aromatic N) is 2. The number of carbonyl (C=O) groups is 2. The average Bonchev–Trinajstić information content (AvgIpc) is 2.67. The summed E-state index contributed by atoms with van der Waals surface area (Å²) in [5, 5.41) is 0. The van der Waals surface area contributed by atoms with Crippen molar-refractivity contribution in [1.82, 2.24) is 4.90 Å². The van der Waals surface area contributed by atoms with Gasteiger partial charge in [-0.25, -0.2) is 4.99 Å². The van der Waals surface area contributed by atoms with Gasteiger partial charge < -0.3 is 9.64 Å². The van der Waals surface area contributed by atoms with Crippen LogP contribution in [0.1, 0.15) is 13.3 Å². The summed E-state index contributed by atoms with van der Waals surface area (Å²) in [7, 11) is 1.74. The molecule has 1 aliphatic heterocycles. The normalized spacial score (nSPS) is 21.5. The molecule has 0 aromatic carbocycles. The SMILES string of the molecule is CC(=O)N(C)CCC1N=C2C=CC(=O)C=C2O1. The fourth-order valence-electron chi connectivity index (χ4n) is 1.61. The van der Waals surface area contributed by atoms with Crippen molar-refractivity contribution in [3.8, 4) is 0 Å². The summed E-state index contributed by atoms with van der Waals surface area (Å²) in [6.45, 7) is 2.10. The topological polar surface area (TPSA) is 59.0 Å². The Balaban J connectivity index is 1.93. The number of aliphatic imine (C=N–C) groups is 1. The molecule has 0 bridgehead atoms. The Kier molecular flexibility index (Phi) is 3.08. The number of rotatable bonds is 3. The highest BCUT2D eigenvalue weighted by molar-refractivity contribution is 6.19. The number of carbonyl (C=O) groups excluding carboxylic acids is 2. The molecule has 1 heterocycles. The molecule has 2 aliphatic rings. The second-order valence-electron chi connectivity index (χ2n) is 4.06. The number of ether oxygens (including phenoxy) is 1. The van der Waals surface area contributed by atoms with E-state index < -0.39 is 0 Å². The number of ketones is 1. The third-order valence-electron chi connectivity index (χ3n) is 2.73. The summed E-state index contributed by atoms with van der Waals surface area (Å²) in [6, 6.07) is 0. The third kappa shape index (κ3) is 2.61. The molecular weight excluding hydrogens is 220 g/mol. The standard InChI is InChI=1S/C12H14N2O3/c1-8(15)14(2)6-5-12-13-10-4-3-9(16)7-11(10)17-12/h3-4,7,12H,5-6H2,1-2H3. The van der Waals surface area contributed by atoms with Gasteiger partial charge >= 0.3 is 0 Å². The lowest BCUT2D eigenvalue weighted by Crippen LogP contribution is -2.27. The predicted molar refractivity (Wildman–Crippen MR) is 62.5 cm³/mol. The lowest BCUT2D eigenvalue weighted by molar-refractivity contribution is -0.127. The maximum atomic E-state index is 11.1. The molecule has 0 spiro atoms. The fraction of sp³-hybridized carbons (Fsp3) is 0.417. The van der Waals surface area contributed by atoms with Gasteiger partial charge in [0.05, 0.1) is 0 Å². The molecule has 1 unspecified atom stereocenters. The van der Waals surface area contributed by atoms with Crippen molar-refractivity contribution < 1.29 is 14.3 Å². The van der Waals surface area contributed by atoms with Gasteiger partial charge in [0.1, 0.15) is 5.71 Å². The van der Waals surface area contributed by atoms with Crippen molar-refractivity contribution in [3.63, 3.8) is 0 Å². The summed E-state index contributed by atoms with van der Waals surface area (Å²) < 4.78 is 5.51. The minimum Gasteiger partial charge on any atom is -0.466 e. The summed E-state index contributed by atoms with van der Waals surface area (Å²) in [5.74, 6) is 0.468. The minimum atomic E-state index is -0.298. The Bertz CT molecular complexity index is 449. The lowest BCUT2D eigenvalue weighted by atomic mass is 10.1. The van der Waals surface area contributed by atoms with Crippen molar-refractivity contribution in [2.24, 2.45) is 4.99 Å². The van der Waals surface area contributed by atoms with Crippen LogP contribution in [0.4, 0.5) is 0 Å². The predicted octanol–water partition coefficient (Wildman–Crippen LogP) is 0.675. The Morgan fingerprint density at radius 1 is 1.53 bits per heavy atom. The van der Waals surface area contributed by atoms with E-state index in [4.69, 9.17) is 4.74 Å². The third-order valence-corrected chi connectivity index (χ3v) is 2.73. The van der Waals surface area contributed by atoms with Crippen LogP contribution in [0.2, 0.25) is 0 Å². The van der Waals surface area contributed by atoms with Gasteiger partial charge in [0.15, 0.2) is 17.8 Å². The summed E-state index contributed by atoms with van der Waals surface area (Å²) in [6.07, 6.45) is 4.89. The molecule has 17 heavy (non-hydrogen) atoms. The van der Waals surface area contributed by atoms with Crippen molar-refractivity contribution in [1.29, 1.82) is 0 Å². The minimum absolute atomic E-state index is 0.0161. The number of allylic oxidation sites excluding steroid dienone is 3. The average molecular weight is 234 g/mol. The van der Waals surface area contributed by atoms with Crippen molar-refractivity contribution >= 4 is 17.4 Å². The maximum absolute atomic E-state index is 11.1. The van der Waals surface area contributed by atoms with Crippen LogP contribution >= 0.6 is 0 Å². The molecule has 0 saturated heterocycles. The molecule has 1 atom stereocenters. The highest BCUT2D eigenvalue weighted by Crippen LogP contribution is 2.21. The second-order valence-corrected chi connectivity index (χ2v) is 4.06. The van der Waals surface area contributed by atoms with Gasteiger partial charge in [-0.1, -0.05) is 0 Å². The van der Waals surface area contributed by atoms with Crippen LogP contribution in [0.15, 0.2) is 29.0 Å². The maximum Gasteiger partial charge on any atom is 0.219 e. The molecule has 0 saturated carbocycles. The monoisotopic (exact) mass is 234 g/mol. The molecule has 0 radical (unpaired) electrons. The zero-order chi connectivity index (χ0) is 12.4. The summed E-state index contributed by atoms with van der Waals surface area (Å²) in [4.78, 5) is 28.1. The van der Waals surface area contributed by atoms with Crippen LogP contribution in [0.5, 0.6) is 0 Å². The Morgan fingerprint density at radius 2 is 2.29 bits per heavy atom. The van der Waals surface area contributed by atoms with Crippen LogP contribution in [-0.4, -0.2) is 42.1 Å². The Labute approximate surface area is 99.5 Å². The first kappa shape index (κ1) is 11.6. The van der Waals surface area contributed by atoms with E-state index in [1.54, 1.807) is 18.0 Å². The largest absolute Gasteiger partial charge is 0.466 e. The summed E-state index contributed by atoms with van der Waals surface area (Å²) >= 11 is 0. The van der Waals surface area contributed by atoms with Gasteiger partial charge in [-0.05, 0) is 12.2 Å². The van der Waals surface area contributed by atoms with E-state index in [9.17, 15) is 9.59 Å². The molecule has 5 nitrogen and oxygen atoms in total. The van der Waals surface area contributed by atoms with Crippen molar-refractivity contribution in [2.45, 2.75) is 19.6 Å². The zero-order valence-electron chi connectivity index (χ0n) is 9.84. The highest BCUT2D eigenvalue weighted by atomic mass is 16.5. The molecular formula is C12H14N2O3. The highest BCUT2D eigenvalue weighted by Gasteiger charge is 2.25. The van der Waals surface area contributed by atoms with Crippen molar-refractivity contribution in [3.05, 3.63) is 24.0 Å².